The Morgan fingerprint density at radius 3 is 2.87 bits per heavy atom. The minimum Gasteiger partial charge on any atom is -0.508 e. The number of rotatable bonds is 4. The lowest BCUT2D eigenvalue weighted by atomic mass is 10.2. The molecule has 1 aromatic rings. The summed E-state index contributed by atoms with van der Waals surface area (Å²) in [5.74, 6) is -0.260. The summed E-state index contributed by atoms with van der Waals surface area (Å²) in [4.78, 5) is 11.6. The van der Waals surface area contributed by atoms with Gasteiger partial charge in [0.05, 0.1) is 10.6 Å². The van der Waals surface area contributed by atoms with E-state index in [4.69, 9.17) is 11.6 Å². The van der Waals surface area contributed by atoms with Crippen LogP contribution in [0.4, 0.5) is 0 Å². The Labute approximate surface area is 93.2 Å². The van der Waals surface area contributed by atoms with E-state index in [1.807, 2.05) is 0 Å². The molecule has 1 rings (SSSR count). The minimum atomic E-state index is -0.286. The maximum Gasteiger partial charge on any atom is 0.252 e. The Bertz CT molecular complexity index is 355. The molecule has 82 valence electrons. The van der Waals surface area contributed by atoms with Gasteiger partial charge in [-0.15, -0.1) is 0 Å². The first-order valence-electron chi connectivity index (χ1n) is 4.56. The van der Waals surface area contributed by atoms with E-state index in [-0.39, 0.29) is 17.2 Å². The van der Waals surface area contributed by atoms with Crippen LogP contribution in [0.2, 0.25) is 5.02 Å². The van der Waals surface area contributed by atoms with Crippen LogP contribution in [-0.2, 0) is 0 Å². The molecule has 0 radical (unpaired) electrons. The van der Waals surface area contributed by atoms with Gasteiger partial charge >= 0.3 is 0 Å². The second-order valence-electron chi connectivity index (χ2n) is 3.02. The van der Waals surface area contributed by atoms with E-state index >= 15 is 0 Å². The molecule has 0 heterocycles. The van der Waals surface area contributed by atoms with Crippen LogP contribution in [0.5, 0.6) is 5.75 Å². The number of aromatic hydroxyl groups is 1. The van der Waals surface area contributed by atoms with Crippen molar-refractivity contribution in [3.63, 3.8) is 0 Å². The molecular weight excluding hydrogens is 216 g/mol. The van der Waals surface area contributed by atoms with Crippen molar-refractivity contribution in [3.8, 4) is 5.75 Å². The largest absolute Gasteiger partial charge is 0.508 e. The highest BCUT2D eigenvalue weighted by Crippen LogP contribution is 2.20. The fourth-order valence-corrected chi connectivity index (χ4v) is 1.29. The van der Waals surface area contributed by atoms with Crippen LogP contribution in [0, 0.1) is 0 Å². The van der Waals surface area contributed by atoms with Crippen molar-refractivity contribution in [2.24, 2.45) is 0 Å². The third-order valence-corrected chi connectivity index (χ3v) is 2.18. The number of phenolic OH excluding ortho intramolecular Hbond substituents is 1. The molecule has 0 atom stereocenters. The van der Waals surface area contributed by atoms with Crippen molar-refractivity contribution in [1.82, 2.24) is 10.6 Å². The average molecular weight is 229 g/mol. The molecule has 1 amide bonds. The number of hydrogen-bond donors (Lipinski definition) is 3. The van der Waals surface area contributed by atoms with Gasteiger partial charge in [0, 0.05) is 13.1 Å². The summed E-state index contributed by atoms with van der Waals surface area (Å²) in [6, 6.07) is 4.27. The molecule has 4 nitrogen and oxygen atoms in total. The SMILES string of the molecule is CNCCNC(=O)c1cc(O)ccc1Cl. The van der Waals surface area contributed by atoms with Crippen molar-refractivity contribution >= 4 is 17.5 Å². The smallest absolute Gasteiger partial charge is 0.252 e. The predicted octanol–water partition coefficient (Wildman–Crippen LogP) is 0.995. The summed E-state index contributed by atoms with van der Waals surface area (Å²) >= 11 is 5.82. The first-order valence-corrected chi connectivity index (χ1v) is 4.94. The maximum absolute atomic E-state index is 11.6. The van der Waals surface area contributed by atoms with Crippen molar-refractivity contribution in [2.45, 2.75) is 0 Å². The van der Waals surface area contributed by atoms with Gasteiger partial charge < -0.3 is 15.7 Å². The lowest BCUT2D eigenvalue weighted by Crippen LogP contribution is -2.30. The molecular formula is C10H13ClN2O2. The molecule has 5 heteroatoms. The average Bonchev–Trinajstić information content (AvgIpc) is 2.22. The fraction of sp³-hybridized carbons (Fsp3) is 0.300. The quantitative estimate of drug-likeness (QED) is 0.674. The molecule has 0 saturated heterocycles. The normalized spacial score (nSPS) is 10.0. The molecule has 0 aliphatic carbocycles. The van der Waals surface area contributed by atoms with E-state index in [0.717, 1.165) is 0 Å². The number of carbonyl (C=O) groups is 1. The number of amides is 1. The van der Waals surface area contributed by atoms with Crippen LogP contribution in [0.15, 0.2) is 18.2 Å². The maximum atomic E-state index is 11.6. The summed E-state index contributed by atoms with van der Waals surface area (Å²) in [6.07, 6.45) is 0. The molecule has 0 saturated carbocycles. The Morgan fingerprint density at radius 2 is 2.20 bits per heavy atom. The van der Waals surface area contributed by atoms with E-state index in [1.54, 1.807) is 7.05 Å². The number of halogens is 1. The third kappa shape index (κ3) is 3.42. The second-order valence-corrected chi connectivity index (χ2v) is 3.43. The van der Waals surface area contributed by atoms with Crippen LogP contribution in [0.25, 0.3) is 0 Å². The Hall–Kier alpha value is -1.26. The van der Waals surface area contributed by atoms with Gasteiger partial charge in [-0.3, -0.25) is 4.79 Å². The van der Waals surface area contributed by atoms with Gasteiger partial charge in [-0.1, -0.05) is 11.6 Å². The van der Waals surface area contributed by atoms with Gasteiger partial charge in [0.15, 0.2) is 0 Å². The Morgan fingerprint density at radius 1 is 1.47 bits per heavy atom. The highest BCUT2D eigenvalue weighted by atomic mass is 35.5. The lowest BCUT2D eigenvalue weighted by molar-refractivity contribution is 0.0954. The molecule has 0 spiro atoms. The second kappa shape index (κ2) is 5.58. The molecule has 0 unspecified atom stereocenters. The zero-order chi connectivity index (χ0) is 11.3. The molecule has 15 heavy (non-hydrogen) atoms. The van der Waals surface area contributed by atoms with E-state index in [9.17, 15) is 9.90 Å². The van der Waals surface area contributed by atoms with Crippen LogP contribution in [0.3, 0.4) is 0 Å². The molecule has 0 bridgehead atoms. The number of nitrogens with one attached hydrogen (secondary N) is 2. The van der Waals surface area contributed by atoms with Crippen LogP contribution < -0.4 is 10.6 Å². The Kier molecular flexibility index (Phi) is 4.39. The number of phenols is 1. The first-order chi connectivity index (χ1) is 7.15. The zero-order valence-corrected chi connectivity index (χ0v) is 9.14. The van der Waals surface area contributed by atoms with Gasteiger partial charge in [-0.05, 0) is 25.2 Å². The van der Waals surface area contributed by atoms with Gasteiger partial charge in [0.1, 0.15) is 5.75 Å². The highest BCUT2D eigenvalue weighted by Gasteiger charge is 2.09. The summed E-state index contributed by atoms with van der Waals surface area (Å²) < 4.78 is 0. The van der Waals surface area contributed by atoms with Crippen LogP contribution in [-0.4, -0.2) is 31.2 Å². The van der Waals surface area contributed by atoms with Gasteiger partial charge in [-0.25, -0.2) is 0 Å². The molecule has 3 N–H and O–H groups in total. The topological polar surface area (TPSA) is 61.4 Å². The lowest BCUT2D eigenvalue weighted by Gasteiger charge is -2.06. The molecule has 0 fully saturated rings. The van der Waals surface area contributed by atoms with E-state index in [0.29, 0.717) is 18.1 Å². The number of hydrogen-bond acceptors (Lipinski definition) is 3. The van der Waals surface area contributed by atoms with Gasteiger partial charge in [0.25, 0.3) is 5.91 Å². The summed E-state index contributed by atoms with van der Waals surface area (Å²) in [6.45, 7) is 1.20. The van der Waals surface area contributed by atoms with E-state index in [2.05, 4.69) is 10.6 Å². The molecule has 0 aliphatic heterocycles. The van der Waals surface area contributed by atoms with E-state index < -0.39 is 0 Å². The summed E-state index contributed by atoms with van der Waals surface area (Å²) in [5, 5.41) is 15.1. The Balaban J connectivity index is 2.68. The summed E-state index contributed by atoms with van der Waals surface area (Å²) in [5.41, 5.74) is 0.285. The van der Waals surface area contributed by atoms with Gasteiger partial charge in [0.2, 0.25) is 0 Å². The summed E-state index contributed by atoms with van der Waals surface area (Å²) in [7, 11) is 1.80. The number of benzene rings is 1. The predicted molar refractivity (Wildman–Crippen MR) is 59.4 cm³/mol. The zero-order valence-electron chi connectivity index (χ0n) is 8.38. The van der Waals surface area contributed by atoms with Crippen molar-refractivity contribution in [1.29, 1.82) is 0 Å². The van der Waals surface area contributed by atoms with E-state index in [1.165, 1.54) is 18.2 Å². The van der Waals surface area contributed by atoms with Crippen LogP contribution >= 0.6 is 11.6 Å². The highest BCUT2D eigenvalue weighted by molar-refractivity contribution is 6.33. The monoisotopic (exact) mass is 228 g/mol. The molecule has 0 aliphatic rings. The van der Waals surface area contributed by atoms with Gasteiger partial charge in [-0.2, -0.15) is 0 Å². The van der Waals surface area contributed by atoms with Crippen LogP contribution in [0.1, 0.15) is 10.4 Å². The fourth-order valence-electron chi connectivity index (χ4n) is 1.08. The standard InChI is InChI=1S/C10H13ClN2O2/c1-12-4-5-13-10(15)8-6-7(14)2-3-9(8)11/h2-3,6,12,14H,4-5H2,1H3,(H,13,15). The van der Waals surface area contributed by atoms with Crippen molar-refractivity contribution in [2.75, 3.05) is 20.1 Å². The molecule has 1 aromatic carbocycles. The minimum absolute atomic E-state index is 0.0261. The number of carbonyl (C=O) groups excluding carboxylic acids is 1. The van der Waals surface area contributed by atoms with Crippen molar-refractivity contribution < 1.29 is 9.90 Å². The number of likely N-dealkylation sites (N-methyl/N-ethyl adjacent to an activating group) is 1. The van der Waals surface area contributed by atoms with Crippen molar-refractivity contribution in [3.05, 3.63) is 28.8 Å². The first kappa shape index (κ1) is 11.8. The third-order valence-electron chi connectivity index (χ3n) is 1.86. The molecule has 0 aromatic heterocycles.